The third-order valence-electron chi connectivity index (χ3n) is 8.57. The summed E-state index contributed by atoms with van der Waals surface area (Å²) in [7, 11) is -3.63. The average Bonchev–Trinajstić information content (AvgIpc) is 3.48. The van der Waals surface area contributed by atoms with Crippen LogP contribution in [0.15, 0.2) is 51.8 Å². The normalized spacial score (nSPS) is 22.9. The van der Waals surface area contributed by atoms with E-state index in [0.29, 0.717) is 17.5 Å². The van der Waals surface area contributed by atoms with Crippen LogP contribution < -0.4 is 9.62 Å². The molecular weight excluding hydrogens is 500 g/mol. The Balaban J connectivity index is 1.31. The zero-order chi connectivity index (χ0) is 22.8. The number of amides is 1. The fraction of sp³-hybridized carbons (Fsp3) is 0.500. The number of halogens is 1. The van der Waals surface area contributed by atoms with Gasteiger partial charge in [0.1, 0.15) is 0 Å². The van der Waals surface area contributed by atoms with Crippen molar-refractivity contribution in [3.8, 4) is 0 Å². The zero-order valence-corrected chi connectivity index (χ0v) is 21.1. The number of fused-ring (bicyclic) bond motifs is 2. The van der Waals surface area contributed by atoms with E-state index >= 15 is 0 Å². The van der Waals surface area contributed by atoms with Gasteiger partial charge in [-0.05, 0) is 98.7 Å². The average molecular weight is 530 g/mol. The van der Waals surface area contributed by atoms with Crippen molar-refractivity contribution in [1.29, 1.82) is 0 Å². The molecule has 1 aliphatic heterocycles. The van der Waals surface area contributed by atoms with Gasteiger partial charge in [0, 0.05) is 33.7 Å². The largest absolute Gasteiger partial charge is 0.307 e. The number of carbonyl (C=O) groups is 1. The van der Waals surface area contributed by atoms with Crippen LogP contribution in [0.25, 0.3) is 0 Å². The van der Waals surface area contributed by atoms with Crippen molar-refractivity contribution >= 4 is 37.5 Å². The van der Waals surface area contributed by atoms with Gasteiger partial charge in [-0.25, -0.2) is 13.1 Å². The summed E-state index contributed by atoms with van der Waals surface area (Å²) >= 11 is 3.64. The third-order valence-corrected chi connectivity index (χ3v) is 10.6. The van der Waals surface area contributed by atoms with Gasteiger partial charge in [0.2, 0.25) is 10.0 Å². The molecule has 174 valence electrons. The molecule has 1 heterocycles. The number of hydrogen-bond acceptors (Lipinski definition) is 3. The molecule has 2 aromatic rings. The molecule has 2 spiro atoms. The van der Waals surface area contributed by atoms with E-state index in [1.54, 1.807) is 18.2 Å². The van der Waals surface area contributed by atoms with Gasteiger partial charge in [-0.2, -0.15) is 0 Å². The summed E-state index contributed by atoms with van der Waals surface area (Å²) in [6.45, 7) is 0.672. The molecule has 0 atom stereocenters. The molecule has 0 aromatic heterocycles. The zero-order valence-electron chi connectivity index (χ0n) is 18.6. The number of nitrogens with zero attached hydrogens (tertiary/aromatic N) is 1. The summed E-state index contributed by atoms with van der Waals surface area (Å²) in [5, 5.41) is 0. The molecular formula is C26H29BrN2O3S. The van der Waals surface area contributed by atoms with Gasteiger partial charge in [-0.1, -0.05) is 28.4 Å². The maximum Gasteiger partial charge on any atom is 0.258 e. The second kappa shape index (κ2) is 7.65. The van der Waals surface area contributed by atoms with Crippen LogP contribution in [0.4, 0.5) is 5.69 Å². The van der Waals surface area contributed by atoms with Crippen molar-refractivity contribution in [3.63, 3.8) is 0 Å². The van der Waals surface area contributed by atoms with Gasteiger partial charge in [-0.3, -0.25) is 4.79 Å². The number of benzene rings is 2. The van der Waals surface area contributed by atoms with E-state index in [1.807, 2.05) is 17.0 Å². The first-order valence-corrected chi connectivity index (χ1v) is 14.3. The highest BCUT2D eigenvalue weighted by atomic mass is 79.9. The Labute approximate surface area is 204 Å². The minimum absolute atomic E-state index is 0.00191. The first-order chi connectivity index (χ1) is 15.8. The van der Waals surface area contributed by atoms with Gasteiger partial charge in [0.15, 0.2) is 0 Å². The third kappa shape index (κ3) is 3.76. The molecule has 4 aliphatic rings. The second-order valence-corrected chi connectivity index (χ2v) is 13.2. The number of anilines is 1. The van der Waals surface area contributed by atoms with Crippen LogP contribution in [0, 0.1) is 5.41 Å². The number of nitrogens with one attached hydrogen (secondary N) is 1. The lowest BCUT2D eigenvalue weighted by atomic mass is 9.66. The first kappa shape index (κ1) is 21.8. The molecule has 1 amide bonds. The monoisotopic (exact) mass is 528 g/mol. The van der Waals surface area contributed by atoms with E-state index in [9.17, 15) is 13.2 Å². The van der Waals surface area contributed by atoms with Crippen LogP contribution in [-0.2, 0) is 15.4 Å². The summed E-state index contributed by atoms with van der Waals surface area (Å²) in [5.74, 6) is -0.122. The van der Waals surface area contributed by atoms with Crippen LogP contribution >= 0.6 is 15.9 Å². The lowest BCUT2D eigenvalue weighted by molar-refractivity contribution is 0.0980. The van der Waals surface area contributed by atoms with E-state index in [4.69, 9.17) is 0 Å². The van der Waals surface area contributed by atoms with E-state index < -0.39 is 10.0 Å². The molecule has 33 heavy (non-hydrogen) atoms. The molecule has 2 aromatic carbocycles. The lowest BCUT2D eigenvalue weighted by Gasteiger charge is -2.38. The summed E-state index contributed by atoms with van der Waals surface area (Å²) in [6, 6.07) is 12.7. The number of hydrogen-bond donors (Lipinski definition) is 1. The van der Waals surface area contributed by atoms with Crippen molar-refractivity contribution in [2.24, 2.45) is 5.41 Å². The molecule has 0 unspecified atom stereocenters. The van der Waals surface area contributed by atoms with Crippen LogP contribution in [0.5, 0.6) is 0 Å². The molecule has 3 saturated carbocycles. The Morgan fingerprint density at radius 2 is 1.73 bits per heavy atom. The van der Waals surface area contributed by atoms with Crippen LogP contribution in [0.1, 0.15) is 73.7 Å². The fourth-order valence-electron chi connectivity index (χ4n) is 5.95. The van der Waals surface area contributed by atoms with E-state index in [2.05, 4.69) is 26.7 Å². The molecule has 3 fully saturated rings. The molecule has 3 aliphatic carbocycles. The van der Waals surface area contributed by atoms with E-state index in [0.717, 1.165) is 42.3 Å². The highest BCUT2D eigenvalue weighted by Gasteiger charge is 2.53. The molecule has 0 saturated heterocycles. The van der Waals surface area contributed by atoms with Crippen LogP contribution in [-0.4, -0.2) is 26.9 Å². The van der Waals surface area contributed by atoms with Crippen molar-refractivity contribution in [2.75, 3.05) is 11.4 Å². The van der Waals surface area contributed by atoms with E-state index in [-0.39, 0.29) is 22.3 Å². The Bertz CT molecular complexity index is 1220. The van der Waals surface area contributed by atoms with Gasteiger partial charge < -0.3 is 4.90 Å². The summed E-state index contributed by atoms with van der Waals surface area (Å²) in [5.41, 5.74) is 3.22. The first-order valence-electron chi connectivity index (χ1n) is 12.0. The Morgan fingerprint density at radius 1 is 1.00 bits per heavy atom. The SMILES string of the molecule is O=C(c1cccc(S(=O)(=O)NC2CCC2)c1)N1CC2(CCC3(CC3)CC2)c2cc(Br)ccc21. The molecule has 7 heteroatoms. The molecule has 0 bridgehead atoms. The minimum Gasteiger partial charge on any atom is -0.307 e. The predicted molar refractivity (Wildman–Crippen MR) is 132 cm³/mol. The van der Waals surface area contributed by atoms with Gasteiger partial charge in [-0.15, -0.1) is 0 Å². The highest BCUT2D eigenvalue weighted by Crippen LogP contribution is 2.62. The van der Waals surface area contributed by atoms with Crippen LogP contribution in [0.2, 0.25) is 0 Å². The Morgan fingerprint density at radius 3 is 2.39 bits per heavy atom. The summed E-state index contributed by atoms with van der Waals surface area (Å²) in [6.07, 6.45) is 10.2. The molecule has 6 rings (SSSR count). The second-order valence-electron chi connectivity index (χ2n) is 10.6. The Kier molecular flexibility index (Phi) is 5.06. The number of rotatable bonds is 4. The smallest absolute Gasteiger partial charge is 0.258 e. The summed E-state index contributed by atoms with van der Waals surface area (Å²) in [4.78, 5) is 15.8. The predicted octanol–water partition coefficient (Wildman–Crippen LogP) is 5.53. The number of carbonyl (C=O) groups excluding carboxylic acids is 1. The molecule has 0 radical (unpaired) electrons. The maximum atomic E-state index is 13.7. The van der Waals surface area contributed by atoms with E-state index in [1.165, 1.54) is 37.3 Å². The minimum atomic E-state index is -3.63. The van der Waals surface area contributed by atoms with Crippen molar-refractivity contribution < 1.29 is 13.2 Å². The fourth-order valence-corrected chi connectivity index (χ4v) is 7.66. The van der Waals surface area contributed by atoms with Gasteiger partial charge in [0.05, 0.1) is 4.90 Å². The lowest BCUT2D eigenvalue weighted by Crippen LogP contribution is -2.40. The standard InChI is InChI=1S/C26H29BrN2O3S/c27-19-7-8-23-22(16-19)26(13-11-25(9-10-25)12-14-26)17-29(23)24(30)18-3-1-6-21(15-18)33(31,32)28-20-4-2-5-20/h1,3,6-8,15-16,20,28H,2,4-5,9-14,17H2. The molecule has 1 N–H and O–H groups in total. The molecule has 5 nitrogen and oxygen atoms in total. The highest BCUT2D eigenvalue weighted by molar-refractivity contribution is 9.10. The van der Waals surface area contributed by atoms with Crippen molar-refractivity contribution in [1.82, 2.24) is 4.72 Å². The van der Waals surface area contributed by atoms with Crippen molar-refractivity contribution in [2.45, 2.75) is 74.1 Å². The van der Waals surface area contributed by atoms with Crippen molar-refractivity contribution in [3.05, 3.63) is 58.1 Å². The maximum absolute atomic E-state index is 13.7. The quantitative estimate of drug-likeness (QED) is 0.566. The summed E-state index contributed by atoms with van der Waals surface area (Å²) < 4.78 is 29.5. The Hall–Kier alpha value is -1.70. The van der Waals surface area contributed by atoms with Gasteiger partial charge >= 0.3 is 0 Å². The van der Waals surface area contributed by atoms with Crippen LogP contribution in [0.3, 0.4) is 0 Å². The number of sulfonamides is 1. The topological polar surface area (TPSA) is 66.5 Å². The van der Waals surface area contributed by atoms with Gasteiger partial charge in [0.25, 0.3) is 5.91 Å².